The molecular weight excluding hydrogens is 260 g/mol. The van der Waals surface area contributed by atoms with Gasteiger partial charge in [-0.05, 0) is 51.0 Å². The minimum Gasteiger partial charge on any atom is -0.353 e. The number of amides is 1. The van der Waals surface area contributed by atoms with Crippen molar-refractivity contribution in [3.63, 3.8) is 0 Å². The zero-order valence-electron chi connectivity index (χ0n) is 12.9. The van der Waals surface area contributed by atoms with Crippen LogP contribution in [0.4, 0.5) is 0 Å². The van der Waals surface area contributed by atoms with E-state index in [-0.39, 0.29) is 5.91 Å². The number of benzene rings is 1. The van der Waals surface area contributed by atoms with Gasteiger partial charge in [0.1, 0.15) is 0 Å². The van der Waals surface area contributed by atoms with Crippen LogP contribution in [0.3, 0.4) is 0 Å². The van der Waals surface area contributed by atoms with Crippen molar-refractivity contribution in [2.45, 2.75) is 70.0 Å². The Morgan fingerprint density at radius 2 is 1.86 bits per heavy atom. The normalized spacial score (nSPS) is 27.6. The summed E-state index contributed by atoms with van der Waals surface area (Å²) in [5.74, 6) is 0.230. The van der Waals surface area contributed by atoms with Crippen molar-refractivity contribution in [3.05, 3.63) is 35.4 Å². The van der Waals surface area contributed by atoms with Gasteiger partial charge in [0, 0.05) is 24.5 Å². The van der Waals surface area contributed by atoms with Gasteiger partial charge in [0.05, 0.1) is 0 Å². The Labute approximate surface area is 127 Å². The first-order chi connectivity index (χ1) is 10.2. The second-order valence-corrected chi connectivity index (χ2v) is 6.71. The quantitative estimate of drug-likeness (QED) is 0.874. The molecule has 0 spiro atoms. The molecule has 21 heavy (non-hydrogen) atoms. The average Bonchev–Trinajstić information content (AvgIpc) is 2.80. The van der Waals surface area contributed by atoms with E-state index in [1.165, 1.54) is 24.0 Å². The van der Waals surface area contributed by atoms with E-state index in [0.717, 1.165) is 25.7 Å². The average molecular weight is 286 g/mol. The number of rotatable bonds is 5. The van der Waals surface area contributed by atoms with Gasteiger partial charge in [0.25, 0.3) is 0 Å². The molecule has 0 aliphatic carbocycles. The summed E-state index contributed by atoms with van der Waals surface area (Å²) in [6, 6.07) is 10.3. The van der Waals surface area contributed by atoms with E-state index in [2.05, 4.69) is 41.8 Å². The molecule has 3 nitrogen and oxygen atoms in total. The molecule has 2 N–H and O–H groups in total. The van der Waals surface area contributed by atoms with E-state index in [1.807, 2.05) is 0 Å². The lowest BCUT2D eigenvalue weighted by Gasteiger charge is -2.29. The SMILES string of the molecule is Cc1ccc(CCCC(=O)NC2CC3CCC(C2)N3)cc1. The summed E-state index contributed by atoms with van der Waals surface area (Å²) in [5, 5.41) is 6.85. The van der Waals surface area contributed by atoms with Crippen LogP contribution in [0.25, 0.3) is 0 Å². The van der Waals surface area contributed by atoms with Crippen molar-refractivity contribution in [3.8, 4) is 0 Å². The summed E-state index contributed by atoms with van der Waals surface area (Å²) in [4.78, 5) is 12.1. The molecule has 2 atom stereocenters. The standard InChI is InChI=1S/C18H26N2O/c1-13-5-7-14(8-6-13)3-2-4-18(21)20-17-11-15-9-10-16(12-17)19-15/h5-8,15-17,19H,2-4,9-12H2,1H3,(H,20,21). The zero-order valence-corrected chi connectivity index (χ0v) is 12.9. The van der Waals surface area contributed by atoms with E-state index in [1.54, 1.807) is 0 Å². The highest BCUT2D eigenvalue weighted by Crippen LogP contribution is 2.26. The van der Waals surface area contributed by atoms with Crippen LogP contribution in [0.15, 0.2) is 24.3 Å². The summed E-state index contributed by atoms with van der Waals surface area (Å²) in [5.41, 5.74) is 2.62. The highest BCUT2D eigenvalue weighted by Gasteiger charge is 2.33. The van der Waals surface area contributed by atoms with E-state index in [0.29, 0.717) is 24.5 Å². The lowest BCUT2D eigenvalue weighted by molar-refractivity contribution is -0.122. The molecule has 0 aromatic heterocycles. The molecule has 2 bridgehead atoms. The van der Waals surface area contributed by atoms with Gasteiger partial charge in [-0.1, -0.05) is 29.8 Å². The van der Waals surface area contributed by atoms with Gasteiger partial charge in [-0.2, -0.15) is 0 Å². The van der Waals surface area contributed by atoms with Crippen molar-refractivity contribution >= 4 is 5.91 Å². The van der Waals surface area contributed by atoms with Gasteiger partial charge < -0.3 is 10.6 Å². The predicted octanol–water partition coefficient (Wildman–Crippen LogP) is 2.72. The van der Waals surface area contributed by atoms with Gasteiger partial charge in [-0.15, -0.1) is 0 Å². The number of carbonyl (C=O) groups excluding carboxylic acids is 1. The third-order valence-electron chi connectivity index (χ3n) is 4.83. The van der Waals surface area contributed by atoms with Gasteiger partial charge in [0.2, 0.25) is 5.91 Å². The molecule has 3 rings (SSSR count). The summed E-state index contributed by atoms with van der Waals surface area (Å²) in [7, 11) is 0. The maximum absolute atomic E-state index is 12.1. The molecule has 1 amide bonds. The number of aryl methyl sites for hydroxylation is 2. The van der Waals surface area contributed by atoms with Crippen LogP contribution >= 0.6 is 0 Å². The van der Waals surface area contributed by atoms with Gasteiger partial charge in [-0.25, -0.2) is 0 Å². The molecule has 114 valence electrons. The number of carbonyl (C=O) groups is 1. The largest absolute Gasteiger partial charge is 0.353 e. The fourth-order valence-electron chi connectivity index (χ4n) is 3.68. The van der Waals surface area contributed by atoms with Crippen molar-refractivity contribution in [1.82, 2.24) is 10.6 Å². The van der Waals surface area contributed by atoms with Gasteiger partial charge >= 0.3 is 0 Å². The highest BCUT2D eigenvalue weighted by molar-refractivity contribution is 5.76. The Morgan fingerprint density at radius 3 is 2.52 bits per heavy atom. The van der Waals surface area contributed by atoms with Gasteiger partial charge in [0.15, 0.2) is 0 Å². The summed E-state index contributed by atoms with van der Waals surface area (Å²) < 4.78 is 0. The fourth-order valence-corrected chi connectivity index (χ4v) is 3.68. The van der Waals surface area contributed by atoms with Crippen LogP contribution < -0.4 is 10.6 Å². The molecular formula is C18H26N2O. The Hall–Kier alpha value is -1.35. The molecule has 0 radical (unpaired) electrons. The van der Waals surface area contributed by atoms with Crippen molar-refractivity contribution < 1.29 is 4.79 Å². The number of fused-ring (bicyclic) bond motifs is 2. The molecule has 0 saturated carbocycles. The van der Waals surface area contributed by atoms with Crippen LogP contribution in [-0.4, -0.2) is 24.0 Å². The topological polar surface area (TPSA) is 41.1 Å². The molecule has 1 aromatic rings. The number of nitrogens with one attached hydrogen (secondary N) is 2. The summed E-state index contributed by atoms with van der Waals surface area (Å²) in [6.07, 6.45) is 7.36. The van der Waals surface area contributed by atoms with E-state index in [9.17, 15) is 4.79 Å². The smallest absolute Gasteiger partial charge is 0.220 e. The summed E-state index contributed by atoms with van der Waals surface area (Å²) in [6.45, 7) is 2.10. The number of piperidine rings is 1. The first-order valence-corrected chi connectivity index (χ1v) is 8.30. The van der Waals surface area contributed by atoms with Crippen molar-refractivity contribution in [1.29, 1.82) is 0 Å². The minimum atomic E-state index is 0.230. The second-order valence-electron chi connectivity index (χ2n) is 6.71. The monoisotopic (exact) mass is 286 g/mol. The molecule has 2 heterocycles. The third-order valence-corrected chi connectivity index (χ3v) is 4.83. The van der Waals surface area contributed by atoms with Crippen LogP contribution in [-0.2, 0) is 11.2 Å². The Balaban J connectivity index is 1.37. The molecule has 2 aliphatic heterocycles. The summed E-state index contributed by atoms with van der Waals surface area (Å²) >= 11 is 0. The van der Waals surface area contributed by atoms with E-state index >= 15 is 0 Å². The highest BCUT2D eigenvalue weighted by atomic mass is 16.1. The lowest BCUT2D eigenvalue weighted by Crippen LogP contribution is -2.48. The Bertz CT molecular complexity index is 470. The predicted molar refractivity (Wildman–Crippen MR) is 85.2 cm³/mol. The number of hydrogen-bond acceptors (Lipinski definition) is 2. The molecule has 2 saturated heterocycles. The molecule has 2 aliphatic rings. The third kappa shape index (κ3) is 4.07. The van der Waals surface area contributed by atoms with Crippen LogP contribution in [0.5, 0.6) is 0 Å². The van der Waals surface area contributed by atoms with Gasteiger partial charge in [-0.3, -0.25) is 4.79 Å². The number of hydrogen-bond donors (Lipinski definition) is 2. The Morgan fingerprint density at radius 1 is 1.19 bits per heavy atom. The Kier molecular flexibility index (Phi) is 4.59. The first-order valence-electron chi connectivity index (χ1n) is 8.30. The van der Waals surface area contributed by atoms with Crippen molar-refractivity contribution in [2.24, 2.45) is 0 Å². The molecule has 3 heteroatoms. The zero-order chi connectivity index (χ0) is 14.7. The molecule has 1 aromatic carbocycles. The molecule has 2 unspecified atom stereocenters. The fraction of sp³-hybridized carbons (Fsp3) is 0.611. The van der Waals surface area contributed by atoms with E-state index < -0.39 is 0 Å². The van der Waals surface area contributed by atoms with Crippen molar-refractivity contribution in [2.75, 3.05) is 0 Å². The minimum absolute atomic E-state index is 0.230. The first kappa shape index (κ1) is 14.6. The van der Waals surface area contributed by atoms with Crippen LogP contribution in [0, 0.1) is 6.92 Å². The lowest BCUT2D eigenvalue weighted by atomic mass is 9.99. The molecule has 2 fully saturated rings. The van der Waals surface area contributed by atoms with E-state index in [4.69, 9.17) is 0 Å². The maximum Gasteiger partial charge on any atom is 0.220 e. The maximum atomic E-state index is 12.1. The van der Waals surface area contributed by atoms with Crippen LogP contribution in [0.2, 0.25) is 0 Å². The second kappa shape index (κ2) is 6.61. The van der Waals surface area contributed by atoms with Crippen LogP contribution in [0.1, 0.15) is 49.7 Å².